The number of anilines is 1. The van der Waals surface area contributed by atoms with E-state index in [4.69, 9.17) is 23.2 Å². The Hall–Kier alpha value is -4.94. The highest BCUT2D eigenvalue weighted by Gasteiger charge is 2.23. The molecule has 0 saturated carbocycles. The van der Waals surface area contributed by atoms with Gasteiger partial charge in [-0.25, -0.2) is 9.97 Å². The molecule has 0 atom stereocenters. The second-order valence-electron chi connectivity index (χ2n) is 10.1. The molecule has 0 radical (unpaired) electrons. The minimum Gasteiger partial charge on any atom is -0.506 e. The fourth-order valence-corrected chi connectivity index (χ4v) is 6.54. The Bertz CT molecular complexity index is 2590. The van der Waals surface area contributed by atoms with Crippen LogP contribution in [0.15, 0.2) is 95.8 Å². The Morgan fingerprint density at radius 3 is 2.02 bits per heavy atom. The van der Waals surface area contributed by atoms with Crippen LogP contribution >= 0.6 is 23.2 Å². The van der Waals surface area contributed by atoms with Crippen molar-refractivity contribution in [2.24, 2.45) is 20.5 Å². The zero-order valence-electron chi connectivity index (χ0n) is 25.0. The third-order valence-electron chi connectivity index (χ3n) is 6.64. The van der Waals surface area contributed by atoms with Gasteiger partial charge in [-0.3, -0.25) is 13.7 Å². The van der Waals surface area contributed by atoms with Crippen LogP contribution in [0.2, 0.25) is 10.6 Å². The molecule has 1 aromatic heterocycles. The van der Waals surface area contributed by atoms with Crippen LogP contribution in [-0.4, -0.2) is 64.1 Å². The maximum Gasteiger partial charge on any atom is 0.296 e. The predicted molar refractivity (Wildman–Crippen MR) is 179 cm³/mol. The van der Waals surface area contributed by atoms with Crippen LogP contribution in [0.1, 0.15) is 11.4 Å². The van der Waals surface area contributed by atoms with Gasteiger partial charge in [-0.05, 0) is 88.7 Å². The van der Waals surface area contributed by atoms with Crippen molar-refractivity contribution >= 4 is 87.1 Å². The van der Waals surface area contributed by atoms with E-state index in [2.05, 4.69) is 40.7 Å². The molecule has 0 bridgehead atoms. The van der Waals surface area contributed by atoms with Gasteiger partial charge in [0, 0.05) is 11.1 Å². The van der Waals surface area contributed by atoms with Crippen LogP contribution < -0.4 is 5.32 Å². The molecule has 0 saturated heterocycles. The second-order valence-corrected chi connectivity index (χ2v) is 15.0. The molecular formula is C27H20Cl2N8O11S3. The second kappa shape index (κ2) is 14.4. The Labute approximate surface area is 297 Å². The summed E-state index contributed by atoms with van der Waals surface area (Å²) < 4.78 is 99.8. The fourth-order valence-electron chi connectivity index (χ4n) is 4.38. The van der Waals surface area contributed by atoms with E-state index < -0.39 is 67.9 Å². The molecule has 0 aliphatic rings. The number of phenolic OH excluding ortho intramolecular Hbond substituents is 2. The first-order chi connectivity index (χ1) is 23.8. The van der Waals surface area contributed by atoms with Crippen LogP contribution in [0, 0.1) is 0 Å². The number of azo groups is 2. The monoisotopic (exact) mass is 798 g/mol. The number of rotatable bonds is 11. The highest BCUT2D eigenvalue weighted by molar-refractivity contribution is 7.86. The van der Waals surface area contributed by atoms with Gasteiger partial charge in [0.2, 0.25) is 10.6 Å². The van der Waals surface area contributed by atoms with E-state index in [1.807, 2.05) is 0 Å². The van der Waals surface area contributed by atoms with Crippen LogP contribution in [0.25, 0.3) is 10.8 Å². The number of hydrogen-bond donors (Lipinski definition) is 6. The lowest BCUT2D eigenvalue weighted by Crippen LogP contribution is -2.06. The first kappa shape index (κ1) is 37.3. The lowest BCUT2D eigenvalue weighted by molar-refractivity contribution is 0.471. The van der Waals surface area contributed by atoms with E-state index in [1.165, 1.54) is 30.3 Å². The third-order valence-corrected chi connectivity index (χ3v) is 9.60. The zero-order chi connectivity index (χ0) is 37.3. The van der Waals surface area contributed by atoms with Crippen molar-refractivity contribution in [3.63, 3.8) is 0 Å². The van der Waals surface area contributed by atoms with Crippen molar-refractivity contribution in [3.05, 3.63) is 82.6 Å². The van der Waals surface area contributed by atoms with E-state index in [-0.39, 0.29) is 51.5 Å². The Morgan fingerprint density at radius 2 is 1.37 bits per heavy atom. The molecule has 24 heteroatoms. The molecule has 266 valence electrons. The standard InChI is InChI=1S/C27H20Cl2N8O11S3/c28-26-32-23(33-27(29)34-26)12-30-15-2-4-17-14(8-15)9-22(51(46,47)48)24(25(17)39)37-36-18-7-13(1-5-20(18)38)11-31-35-19-10-16(49(40,41)42)3-6-21(19)50(43,44)45/h1-10,30,38-39H,11-12H2,(H,40,41,42)(H,43,44,45)(H,46,47,48). The van der Waals surface area contributed by atoms with Gasteiger partial charge in [-0.2, -0.15) is 40.5 Å². The summed E-state index contributed by atoms with van der Waals surface area (Å²) in [6.45, 7) is -0.307. The number of aromatic nitrogens is 3. The SMILES string of the molecule is O=S(=O)(O)c1ccc(S(=O)(=O)O)c(N=NCc2ccc(O)c(N=Nc3c(S(=O)(=O)O)cc4cc(NCc5nc(Cl)nc(Cl)n5)ccc4c3O)c2)c1. The summed E-state index contributed by atoms with van der Waals surface area (Å²) in [5.41, 5.74) is -0.875. The van der Waals surface area contributed by atoms with Gasteiger partial charge in [-0.1, -0.05) is 6.07 Å². The summed E-state index contributed by atoms with van der Waals surface area (Å²) in [6.07, 6.45) is 0. The Morgan fingerprint density at radius 1 is 0.686 bits per heavy atom. The van der Waals surface area contributed by atoms with Crippen LogP contribution in [-0.2, 0) is 43.4 Å². The van der Waals surface area contributed by atoms with Crippen LogP contribution in [0.5, 0.6) is 11.5 Å². The number of nitrogens with zero attached hydrogens (tertiary/aromatic N) is 7. The predicted octanol–water partition coefficient (Wildman–Crippen LogP) is 5.79. The molecular weight excluding hydrogens is 779 g/mol. The minimum atomic E-state index is -5.01. The van der Waals surface area contributed by atoms with Crippen molar-refractivity contribution < 1.29 is 49.1 Å². The highest BCUT2D eigenvalue weighted by atomic mass is 35.5. The normalized spacial score (nSPS) is 12.6. The number of phenols is 2. The van der Waals surface area contributed by atoms with Gasteiger partial charge in [0.15, 0.2) is 11.6 Å². The number of halogens is 2. The largest absolute Gasteiger partial charge is 0.506 e. The Kier molecular flexibility index (Phi) is 10.5. The van der Waals surface area contributed by atoms with Gasteiger partial charge in [0.05, 0.1) is 18.0 Å². The number of nitrogens with one attached hydrogen (secondary N) is 1. The van der Waals surface area contributed by atoms with Gasteiger partial charge in [0.25, 0.3) is 30.4 Å². The molecule has 0 fully saturated rings. The first-order valence-electron chi connectivity index (χ1n) is 13.6. The smallest absolute Gasteiger partial charge is 0.296 e. The molecule has 4 aromatic carbocycles. The average Bonchev–Trinajstić information content (AvgIpc) is 3.02. The molecule has 0 aliphatic heterocycles. The van der Waals surface area contributed by atoms with Gasteiger partial charge in [0.1, 0.15) is 32.6 Å². The molecule has 51 heavy (non-hydrogen) atoms. The molecule has 0 unspecified atom stereocenters. The van der Waals surface area contributed by atoms with E-state index in [1.54, 1.807) is 0 Å². The summed E-state index contributed by atoms with van der Waals surface area (Å²) in [7, 11) is -14.6. The van der Waals surface area contributed by atoms with Crippen LogP contribution in [0.3, 0.4) is 0 Å². The molecule has 19 nitrogen and oxygen atoms in total. The summed E-state index contributed by atoms with van der Waals surface area (Å²) in [5, 5.41) is 39.4. The van der Waals surface area contributed by atoms with E-state index in [0.717, 1.165) is 18.2 Å². The quantitative estimate of drug-likeness (QED) is 0.0680. The number of fused-ring (bicyclic) bond motifs is 1. The van der Waals surface area contributed by atoms with Crippen LogP contribution in [0.4, 0.5) is 22.7 Å². The first-order valence-corrected chi connectivity index (χ1v) is 18.6. The molecule has 6 N–H and O–H groups in total. The van der Waals surface area contributed by atoms with Crippen molar-refractivity contribution in [2.75, 3.05) is 5.32 Å². The topological polar surface area (TPSA) is 304 Å². The highest BCUT2D eigenvalue weighted by Crippen LogP contribution is 2.43. The minimum absolute atomic E-state index is 0.0354. The van der Waals surface area contributed by atoms with Gasteiger partial charge in [-0.15, -0.1) is 10.2 Å². The number of hydrogen-bond acceptors (Lipinski definition) is 16. The number of aromatic hydroxyl groups is 2. The zero-order valence-corrected chi connectivity index (χ0v) is 28.9. The van der Waals surface area contributed by atoms with Crippen molar-refractivity contribution in [1.82, 2.24) is 15.0 Å². The van der Waals surface area contributed by atoms with Crippen molar-refractivity contribution in [2.45, 2.75) is 27.8 Å². The average molecular weight is 800 g/mol. The van der Waals surface area contributed by atoms with E-state index >= 15 is 0 Å². The van der Waals surface area contributed by atoms with Gasteiger partial charge < -0.3 is 15.5 Å². The van der Waals surface area contributed by atoms with E-state index in [0.29, 0.717) is 17.8 Å². The summed E-state index contributed by atoms with van der Waals surface area (Å²) in [4.78, 5) is 9.17. The molecule has 5 rings (SSSR count). The maximum atomic E-state index is 12.3. The van der Waals surface area contributed by atoms with Gasteiger partial charge >= 0.3 is 0 Å². The molecule has 0 spiro atoms. The number of benzene rings is 4. The lowest BCUT2D eigenvalue weighted by atomic mass is 10.1. The van der Waals surface area contributed by atoms with Crippen molar-refractivity contribution in [3.8, 4) is 11.5 Å². The summed E-state index contributed by atoms with van der Waals surface area (Å²) >= 11 is 11.6. The molecule has 5 aromatic rings. The Balaban J connectivity index is 1.44. The maximum absolute atomic E-state index is 12.3. The lowest BCUT2D eigenvalue weighted by Gasteiger charge is -2.11. The summed E-state index contributed by atoms with van der Waals surface area (Å²) in [5.74, 6) is -0.943. The molecule has 0 amide bonds. The fraction of sp³-hybridized carbons (Fsp3) is 0.0741. The molecule has 0 aliphatic carbocycles. The van der Waals surface area contributed by atoms with E-state index in [9.17, 15) is 49.1 Å². The molecule has 1 heterocycles. The summed E-state index contributed by atoms with van der Waals surface area (Å²) in [6, 6.07) is 11.3. The van der Waals surface area contributed by atoms with Crippen molar-refractivity contribution in [1.29, 1.82) is 0 Å². The third kappa shape index (κ3) is 9.05.